The molecule has 0 aliphatic carbocycles. The van der Waals surface area contributed by atoms with Gasteiger partial charge in [-0.1, -0.05) is 18.2 Å². The summed E-state index contributed by atoms with van der Waals surface area (Å²) in [7, 11) is 1.54. The van der Waals surface area contributed by atoms with Crippen LogP contribution in [0.15, 0.2) is 53.5 Å². The number of nitrogens with zero attached hydrogens (tertiary/aromatic N) is 2. The normalized spacial score (nSPS) is 10.9. The first-order valence-corrected chi connectivity index (χ1v) is 11.2. The number of anilines is 1. The molecule has 33 heavy (non-hydrogen) atoms. The topological polar surface area (TPSA) is 93.5 Å². The van der Waals surface area contributed by atoms with Gasteiger partial charge in [0.25, 0.3) is 5.91 Å². The molecule has 0 spiro atoms. The van der Waals surface area contributed by atoms with Crippen molar-refractivity contribution in [2.75, 3.05) is 25.6 Å². The average molecular weight is 464 g/mol. The van der Waals surface area contributed by atoms with Crippen molar-refractivity contribution in [3.8, 4) is 23.3 Å². The fourth-order valence-corrected chi connectivity index (χ4v) is 3.49. The molecule has 0 unspecified atom stereocenters. The number of nitriles is 1. The van der Waals surface area contributed by atoms with Gasteiger partial charge in [0.15, 0.2) is 16.6 Å². The lowest BCUT2D eigenvalue weighted by molar-refractivity contribution is -0.112. The van der Waals surface area contributed by atoms with Crippen molar-refractivity contribution >= 4 is 28.5 Å². The molecule has 0 radical (unpaired) electrons. The smallest absolute Gasteiger partial charge is 0.268 e. The van der Waals surface area contributed by atoms with Crippen molar-refractivity contribution in [1.82, 2.24) is 4.98 Å². The predicted molar refractivity (Wildman–Crippen MR) is 129 cm³/mol. The molecule has 1 heterocycles. The molecule has 170 valence electrons. The molecule has 0 saturated heterocycles. The van der Waals surface area contributed by atoms with Crippen molar-refractivity contribution in [3.05, 3.63) is 70.2 Å². The van der Waals surface area contributed by atoms with Crippen LogP contribution in [0.4, 0.5) is 5.13 Å². The fourth-order valence-electron chi connectivity index (χ4n) is 2.96. The maximum absolute atomic E-state index is 12.3. The van der Waals surface area contributed by atoms with Gasteiger partial charge in [0.1, 0.15) is 17.4 Å². The number of ether oxygens (including phenoxy) is 3. The Kier molecular flexibility index (Phi) is 8.44. The Morgan fingerprint density at radius 1 is 1.15 bits per heavy atom. The molecule has 0 bridgehead atoms. The molecule has 2 aromatic carbocycles. The van der Waals surface area contributed by atoms with Gasteiger partial charge in [-0.2, -0.15) is 5.26 Å². The minimum Gasteiger partial charge on any atom is -0.493 e. The highest BCUT2D eigenvalue weighted by Gasteiger charge is 2.12. The van der Waals surface area contributed by atoms with Crippen molar-refractivity contribution in [1.29, 1.82) is 5.26 Å². The van der Waals surface area contributed by atoms with Crippen molar-refractivity contribution in [3.63, 3.8) is 0 Å². The van der Waals surface area contributed by atoms with Crippen LogP contribution < -0.4 is 19.5 Å². The summed E-state index contributed by atoms with van der Waals surface area (Å²) in [5.41, 5.74) is 2.94. The Bertz CT molecular complexity index is 1170. The quantitative estimate of drug-likeness (QED) is 0.254. The van der Waals surface area contributed by atoms with Gasteiger partial charge in [0.2, 0.25) is 0 Å². The molecule has 3 rings (SSSR count). The van der Waals surface area contributed by atoms with E-state index in [2.05, 4.69) is 23.3 Å². The number of nitrogens with one attached hydrogen (secondary N) is 1. The van der Waals surface area contributed by atoms with Gasteiger partial charge in [-0.15, -0.1) is 11.3 Å². The van der Waals surface area contributed by atoms with E-state index in [9.17, 15) is 10.1 Å². The highest BCUT2D eigenvalue weighted by atomic mass is 32.1. The zero-order chi connectivity index (χ0) is 23.6. The number of rotatable bonds is 10. The first-order chi connectivity index (χ1) is 16.0. The van der Waals surface area contributed by atoms with Crippen molar-refractivity contribution in [2.24, 2.45) is 0 Å². The molecule has 0 aliphatic rings. The molecule has 0 aliphatic heterocycles. The van der Waals surface area contributed by atoms with Gasteiger partial charge in [-0.25, -0.2) is 4.98 Å². The van der Waals surface area contributed by atoms with E-state index >= 15 is 0 Å². The number of thiazole rings is 1. The molecule has 1 N–H and O–H groups in total. The third kappa shape index (κ3) is 6.57. The zero-order valence-corrected chi connectivity index (χ0v) is 19.6. The summed E-state index contributed by atoms with van der Waals surface area (Å²) in [6.07, 6.45) is 3.77. The number of carbonyl (C=O) groups is 1. The number of hydrogen-bond acceptors (Lipinski definition) is 7. The van der Waals surface area contributed by atoms with E-state index in [4.69, 9.17) is 14.2 Å². The Balaban J connectivity index is 1.57. The first-order valence-electron chi connectivity index (χ1n) is 10.3. The molecule has 1 amide bonds. The number of hydrogen-bond donors (Lipinski definition) is 1. The molecular weight excluding hydrogens is 438 g/mol. The SMILES string of the molecule is COc1cc(C=C(C#N)C(=O)Nc2nccs2)ccc1OCCCOc1cccc(C)c1C. The van der Waals surface area contributed by atoms with E-state index in [1.54, 1.807) is 36.9 Å². The largest absolute Gasteiger partial charge is 0.493 e. The number of benzene rings is 2. The minimum absolute atomic E-state index is 0.0375. The van der Waals surface area contributed by atoms with Crippen molar-refractivity contribution < 1.29 is 19.0 Å². The number of amides is 1. The summed E-state index contributed by atoms with van der Waals surface area (Å²) in [5.74, 6) is 1.45. The van der Waals surface area contributed by atoms with Crippen LogP contribution in [0.1, 0.15) is 23.1 Å². The third-order valence-corrected chi connectivity index (χ3v) is 5.56. The van der Waals surface area contributed by atoms with Crippen LogP contribution in [0.25, 0.3) is 6.08 Å². The monoisotopic (exact) mass is 463 g/mol. The van der Waals surface area contributed by atoms with Crippen LogP contribution in [0.5, 0.6) is 17.2 Å². The molecule has 1 aromatic heterocycles. The lowest BCUT2D eigenvalue weighted by Gasteiger charge is -2.13. The van der Waals surface area contributed by atoms with E-state index in [-0.39, 0.29) is 5.57 Å². The molecule has 3 aromatic rings. The Morgan fingerprint density at radius 2 is 1.94 bits per heavy atom. The molecule has 0 atom stereocenters. The van der Waals surface area contributed by atoms with Gasteiger partial charge in [0.05, 0.1) is 20.3 Å². The Hall–Kier alpha value is -3.83. The lowest BCUT2D eigenvalue weighted by Crippen LogP contribution is -2.13. The summed E-state index contributed by atoms with van der Waals surface area (Å²) in [5, 5.41) is 14.2. The molecular formula is C25H25N3O4S. The number of aryl methyl sites for hydroxylation is 1. The summed E-state index contributed by atoms with van der Waals surface area (Å²) < 4.78 is 17.1. The standard InChI is InChI=1S/C25H25N3O4S/c1-17-6-4-7-21(18(17)2)31-11-5-12-32-22-9-8-19(15-23(22)30-3)14-20(16-26)24(29)28-25-27-10-13-33-25/h4,6-10,13-15H,5,11-12H2,1-3H3,(H,27,28,29). The summed E-state index contributed by atoms with van der Waals surface area (Å²) in [6.45, 7) is 5.09. The second-order valence-corrected chi connectivity index (χ2v) is 8.01. The van der Waals surface area contributed by atoms with Gasteiger partial charge < -0.3 is 14.2 Å². The minimum atomic E-state index is -0.518. The highest BCUT2D eigenvalue weighted by molar-refractivity contribution is 7.13. The lowest BCUT2D eigenvalue weighted by atomic mass is 10.1. The zero-order valence-electron chi connectivity index (χ0n) is 18.8. The van der Waals surface area contributed by atoms with Crippen molar-refractivity contribution in [2.45, 2.75) is 20.3 Å². The van der Waals surface area contributed by atoms with Gasteiger partial charge in [-0.3, -0.25) is 10.1 Å². The molecule has 0 saturated carbocycles. The van der Waals surface area contributed by atoms with Crippen LogP contribution in [-0.2, 0) is 4.79 Å². The number of carbonyl (C=O) groups excluding carboxylic acids is 1. The number of aromatic nitrogens is 1. The first kappa shape index (κ1) is 23.8. The summed E-state index contributed by atoms with van der Waals surface area (Å²) in [6, 6.07) is 13.2. The fraction of sp³-hybridized carbons (Fsp3) is 0.240. The highest BCUT2D eigenvalue weighted by Crippen LogP contribution is 2.29. The second-order valence-electron chi connectivity index (χ2n) is 7.12. The summed E-state index contributed by atoms with van der Waals surface area (Å²) >= 11 is 1.28. The molecule has 7 nitrogen and oxygen atoms in total. The van der Waals surface area contributed by atoms with Crippen LogP contribution in [0.3, 0.4) is 0 Å². The molecule has 8 heteroatoms. The number of methoxy groups -OCH3 is 1. The third-order valence-electron chi connectivity index (χ3n) is 4.88. The van der Waals surface area contributed by atoms with Crippen LogP contribution >= 0.6 is 11.3 Å². The van der Waals surface area contributed by atoms with E-state index in [0.29, 0.717) is 41.8 Å². The average Bonchev–Trinajstić information content (AvgIpc) is 3.33. The van der Waals surface area contributed by atoms with Gasteiger partial charge >= 0.3 is 0 Å². The van der Waals surface area contributed by atoms with Crippen LogP contribution in [0, 0.1) is 25.2 Å². The Morgan fingerprint density at radius 3 is 2.64 bits per heavy atom. The predicted octanol–water partition coefficient (Wildman–Crippen LogP) is 5.16. The van der Waals surface area contributed by atoms with E-state index in [1.807, 2.05) is 25.1 Å². The Labute approximate surface area is 197 Å². The van der Waals surface area contributed by atoms with Crippen LogP contribution in [0.2, 0.25) is 0 Å². The van der Waals surface area contributed by atoms with Gasteiger partial charge in [-0.05, 0) is 54.8 Å². The maximum atomic E-state index is 12.3. The maximum Gasteiger partial charge on any atom is 0.268 e. The van der Waals surface area contributed by atoms with E-state index in [1.165, 1.54) is 23.0 Å². The van der Waals surface area contributed by atoms with Gasteiger partial charge in [0, 0.05) is 18.0 Å². The van der Waals surface area contributed by atoms with Crippen LogP contribution in [-0.4, -0.2) is 31.2 Å². The second kappa shape index (κ2) is 11.7. The van der Waals surface area contributed by atoms with E-state index in [0.717, 1.165) is 11.3 Å². The summed E-state index contributed by atoms with van der Waals surface area (Å²) in [4.78, 5) is 16.3. The van der Waals surface area contributed by atoms with E-state index < -0.39 is 5.91 Å². The molecule has 0 fully saturated rings.